The van der Waals surface area contributed by atoms with Crippen LogP contribution in [-0.4, -0.2) is 19.5 Å². The zero-order valence-electron chi connectivity index (χ0n) is 11.5. The largest absolute Gasteiger partial charge is 0.493 e. The lowest BCUT2D eigenvalue weighted by atomic mass is 10.2. The molecule has 0 bridgehead atoms. The third-order valence-corrected chi connectivity index (χ3v) is 3.71. The first-order chi connectivity index (χ1) is 9.83. The van der Waals surface area contributed by atoms with Gasteiger partial charge < -0.3 is 9.47 Å². The van der Waals surface area contributed by atoms with Crippen molar-refractivity contribution in [2.75, 3.05) is 13.2 Å². The summed E-state index contributed by atoms with van der Waals surface area (Å²) in [6.07, 6.45) is 2.60. The molecule has 20 heavy (non-hydrogen) atoms. The number of carbonyl (C=O) groups excluding carboxylic acids is 1. The molecule has 2 rings (SSSR count). The van der Waals surface area contributed by atoms with E-state index in [0.29, 0.717) is 24.5 Å². The molecule has 0 atom stereocenters. The van der Waals surface area contributed by atoms with Crippen molar-refractivity contribution >= 4 is 17.6 Å². The normalized spacial score (nSPS) is 10.2. The SMILES string of the molecule is CCCOc1ccc(C=O)c(OCCc2cccs2)c1. The van der Waals surface area contributed by atoms with E-state index in [1.807, 2.05) is 11.4 Å². The van der Waals surface area contributed by atoms with Gasteiger partial charge in [0.25, 0.3) is 0 Å². The molecular weight excluding hydrogens is 272 g/mol. The highest BCUT2D eigenvalue weighted by molar-refractivity contribution is 7.09. The fraction of sp³-hybridized carbons (Fsp3) is 0.312. The van der Waals surface area contributed by atoms with Gasteiger partial charge in [-0.2, -0.15) is 0 Å². The molecule has 1 aromatic heterocycles. The number of aldehydes is 1. The molecule has 0 aliphatic rings. The molecule has 0 amide bonds. The fourth-order valence-corrected chi connectivity index (χ4v) is 2.45. The van der Waals surface area contributed by atoms with E-state index in [2.05, 4.69) is 13.0 Å². The van der Waals surface area contributed by atoms with Gasteiger partial charge in [-0.15, -0.1) is 11.3 Å². The molecule has 3 nitrogen and oxygen atoms in total. The molecule has 0 fully saturated rings. The van der Waals surface area contributed by atoms with E-state index in [1.54, 1.807) is 29.5 Å². The van der Waals surface area contributed by atoms with Crippen LogP contribution in [0.15, 0.2) is 35.7 Å². The Bertz CT molecular complexity index is 535. The van der Waals surface area contributed by atoms with Gasteiger partial charge in [0.05, 0.1) is 18.8 Å². The lowest BCUT2D eigenvalue weighted by molar-refractivity contribution is 0.111. The summed E-state index contributed by atoms with van der Waals surface area (Å²) in [7, 11) is 0. The van der Waals surface area contributed by atoms with E-state index < -0.39 is 0 Å². The van der Waals surface area contributed by atoms with E-state index >= 15 is 0 Å². The number of rotatable bonds is 8. The molecule has 0 N–H and O–H groups in total. The molecule has 0 spiro atoms. The first-order valence-electron chi connectivity index (χ1n) is 6.70. The average Bonchev–Trinajstić information content (AvgIpc) is 2.98. The Morgan fingerprint density at radius 3 is 2.80 bits per heavy atom. The summed E-state index contributed by atoms with van der Waals surface area (Å²) in [6.45, 7) is 3.27. The molecule has 106 valence electrons. The van der Waals surface area contributed by atoms with Crippen LogP contribution in [0, 0.1) is 0 Å². The maximum atomic E-state index is 11.0. The first-order valence-corrected chi connectivity index (χ1v) is 7.58. The molecular formula is C16H18O3S. The zero-order valence-corrected chi connectivity index (χ0v) is 12.3. The molecule has 0 saturated carbocycles. The van der Waals surface area contributed by atoms with Crippen LogP contribution in [0.25, 0.3) is 0 Å². The molecule has 0 saturated heterocycles. The molecule has 0 radical (unpaired) electrons. The van der Waals surface area contributed by atoms with Gasteiger partial charge in [-0.3, -0.25) is 4.79 Å². The minimum Gasteiger partial charge on any atom is -0.493 e. The summed E-state index contributed by atoms with van der Waals surface area (Å²) >= 11 is 1.71. The van der Waals surface area contributed by atoms with Gasteiger partial charge >= 0.3 is 0 Å². The van der Waals surface area contributed by atoms with E-state index in [0.717, 1.165) is 24.9 Å². The number of carbonyl (C=O) groups is 1. The van der Waals surface area contributed by atoms with Gasteiger partial charge in [-0.1, -0.05) is 13.0 Å². The van der Waals surface area contributed by atoms with Crippen molar-refractivity contribution in [2.24, 2.45) is 0 Å². The van der Waals surface area contributed by atoms with Gasteiger partial charge in [-0.05, 0) is 30.0 Å². The summed E-state index contributed by atoms with van der Waals surface area (Å²) in [5, 5.41) is 2.05. The topological polar surface area (TPSA) is 35.5 Å². The van der Waals surface area contributed by atoms with Crippen LogP contribution < -0.4 is 9.47 Å². The minimum absolute atomic E-state index is 0.554. The number of benzene rings is 1. The summed E-state index contributed by atoms with van der Waals surface area (Å²) < 4.78 is 11.3. The van der Waals surface area contributed by atoms with Crippen molar-refractivity contribution in [3.63, 3.8) is 0 Å². The number of hydrogen-bond donors (Lipinski definition) is 0. The second-order valence-electron chi connectivity index (χ2n) is 4.34. The Hall–Kier alpha value is -1.81. The van der Waals surface area contributed by atoms with Crippen LogP contribution in [0.4, 0.5) is 0 Å². The minimum atomic E-state index is 0.554. The summed E-state index contributed by atoms with van der Waals surface area (Å²) in [5.41, 5.74) is 0.556. The number of hydrogen-bond acceptors (Lipinski definition) is 4. The van der Waals surface area contributed by atoms with Crippen molar-refractivity contribution in [3.05, 3.63) is 46.2 Å². The first kappa shape index (κ1) is 14.6. The summed E-state index contributed by atoms with van der Waals surface area (Å²) in [4.78, 5) is 12.3. The Balaban J connectivity index is 1.98. The zero-order chi connectivity index (χ0) is 14.2. The lowest BCUT2D eigenvalue weighted by Crippen LogP contribution is -2.03. The predicted octanol–water partition coefficient (Wildman–Crippen LogP) is 3.97. The van der Waals surface area contributed by atoms with E-state index in [-0.39, 0.29) is 0 Å². The maximum absolute atomic E-state index is 11.0. The molecule has 0 aliphatic carbocycles. The van der Waals surface area contributed by atoms with Crippen LogP contribution >= 0.6 is 11.3 Å². The lowest BCUT2D eigenvalue weighted by Gasteiger charge is -2.11. The Morgan fingerprint density at radius 1 is 1.20 bits per heavy atom. The second kappa shape index (κ2) is 7.70. The molecule has 2 aromatic rings. The van der Waals surface area contributed by atoms with Crippen molar-refractivity contribution < 1.29 is 14.3 Å². The fourth-order valence-electron chi connectivity index (χ4n) is 1.76. The van der Waals surface area contributed by atoms with E-state index in [1.165, 1.54) is 4.88 Å². The number of thiophene rings is 1. The Kier molecular flexibility index (Phi) is 5.62. The molecule has 1 heterocycles. The highest BCUT2D eigenvalue weighted by atomic mass is 32.1. The highest BCUT2D eigenvalue weighted by Crippen LogP contribution is 2.24. The summed E-state index contributed by atoms with van der Waals surface area (Å²) in [6, 6.07) is 9.42. The third kappa shape index (κ3) is 4.10. The van der Waals surface area contributed by atoms with Crippen LogP contribution in [0.1, 0.15) is 28.6 Å². The van der Waals surface area contributed by atoms with Gasteiger partial charge in [0.2, 0.25) is 0 Å². The van der Waals surface area contributed by atoms with Crippen molar-refractivity contribution in [1.29, 1.82) is 0 Å². The van der Waals surface area contributed by atoms with Gasteiger partial charge in [0.1, 0.15) is 11.5 Å². The third-order valence-electron chi connectivity index (χ3n) is 2.77. The van der Waals surface area contributed by atoms with Crippen molar-refractivity contribution in [2.45, 2.75) is 19.8 Å². The predicted molar refractivity (Wildman–Crippen MR) is 81.1 cm³/mol. The Morgan fingerprint density at radius 2 is 2.10 bits per heavy atom. The molecule has 4 heteroatoms. The quantitative estimate of drug-likeness (QED) is 0.690. The van der Waals surface area contributed by atoms with Gasteiger partial charge in [-0.25, -0.2) is 0 Å². The molecule has 0 aliphatic heterocycles. The van der Waals surface area contributed by atoms with Gasteiger partial charge in [0.15, 0.2) is 6.29 Å². The molecule has 1 aromatic carbocycles. The van der Waals surface area contributed by atoms with Crippen LogP contribution in [0.2, 0.25) is 0 Å². The van der Waals surface area contributed by atoms with Crippen molar-refractivity contribution in [1.82, 2.24) is 0 Å². The monoisotopic (exact) mass is 290 g/mol. The van der Waals surface area contributed by atoms with Crippen LogP contribution in [-0.2, 0) is 6.42 Å². The Labute approximate surface area is 123 Å². The standard InChI is InChI=1S/C16H18O3S/c1-2-8-18-14-6-5-13(12-17)16(11-14)19-9-7-15-4-3-10-20-15/h3-6,10-12H,2,7-9H2,1H3. The molecule has 0 unspecified atom stereocenters. The smallest absolute Gasteiger partial charge is 0.153 e. The maximum Gasteiger partial charge on any atom is 0.153 e. The number of ether oxygens (including phenoxy) is 2. The van der Waals surface area contributed by atoms with E-state index in [9.17, 15) is 4.79 Å². The van der Waals surface area contributed by atoms with E-state index in [4.69, 9.17) is 9.47 Å². The summed E-state index contributed by atoms with van der Waals surface area (Å²) in [5.74, 6) is 1.33. The van der Waals surface area contributed by atoms with Crippen molar-refractivity contribution in [3.8, 4) is 11.5 Å². The average molecular weight is 290 g/mol. The second-order valence-corrected chi connectivity index (χ2v) is 5.38. The van der Waals surface area contributed by atoms with Crippen LogP contribution in [0.3, 0.4) is 0 Å². The van der Waals surface area contributed by atoms with Gasteiger partial charge in [0, 0.05) is 17.4 Å². The highest BCUT2D eigenvalue weighted by Gasteiger charge is 2.06. The van der Waals surface area contributed by atoms with Crippen LogP contribution in [0.5, 0.6) is 11.5 Å².